The average Bonchev–Trinajstić information content (AvgIpc) is 2.33. The lowest BCUT2D eigenvalue weighted by atomic mass is 10.2. The van der Waals surface area contributed by atoms with E-state index in [1.54, 1.807) is 0 Å². The number of rotatable bonds is 5. The van der Waals surface area contributed by atoms with Gasteiger partial charge in [-0.15, -0.1) is 0 Å². The number of amides is 1. The fraction of sp³-hybridized carbons (Fsp3) is 0.364. The standard InChI is InChI=1S/C11H15N3O4S/c1-18-10-3-2-8(4-9(10)11(12)15)19(16,17)14-7-5-13-6-7/h2-4,7,13-14H,5-6H2,1H3,(H2,12,15). The molecule has 1 fully saturated rings. The number of nitrogens with one attached hydrogen (secondary N) is 2. The molecule has 19 heavy (non-hydrogen) atoms. The highest BCUT2D eigenvalue weighted by molar-refractivity contribution is 7.89. The summed E-state index contributed by atoms with van der Waals surface area (Å²) in [7, 11) is -2.27. The molecule has 0 bridgehead atoms. The summed E-state index contributed by atoms with van der Waals surface area (Å²) >= 11 is 0. The number of sulfonamides is 1. The van der Waals surface area contributed by atoms with Crippen LogP contribution < -0.4 is 20.5 Å². The molecule has 8 heteroatoms. The molecule has 0 radical (unpaired) electrons. The van der Waals surface area contributed by atoms with Crippen LogP contribution in [0, 0.1) is 0 Å². The first-order valence-corrected chi connectivity index (χ1v) is 7.13. The van der Waals surface area contributed by atoms with Gasteiger partial charge in [0.25, 0.3) is 5.91 Å². The number of primary amides is 1. The predicted octanol–water partition coefficient (Wildman–Crippen LogP) is -0.956. The molecule has 1 heterocycles. The molecule has 4 N–H and O–H groups in total. The van der Waals surface area contributed by atoms with Gasteiger partial charge in [0.15, 0.2) is 0 Å². The Kier molecular flexibility index (Phi) is 3.74. The van der Waals surface area contributed by atoms with E-state index < -0.39 is 15.9 Å². The Labute approximate surface area is 111 Å². The number of hydrogen-bond donors (Lipinski definition) is 3. The maximum atomic E-state index is 12.1. The van der Waals surface area contributed by atoms with Crippen LogP contribution in [0.25, 0.3) is 0 Å². The molecule has 1 amide bonds. The first-order chi connectivity index (χ1) is 8.94. The average molecular weight is 285 g/mol. The van der Waals surface area contributed by atoms with Gasteiger partial charge in [0.05, 0.1) is 17.6 Å². The largest absolute Gasteiger partial charge is 0.496 e. The van der Waals surface area contributed by atoms with Gasteiger partial charge in [-0.3, -0.25) is 4.79 Å². The normalized spacial score (nSPS) is 15.8. The second-order valence-electron chi connectivity index (χ2n) is 4.20. The molecule has 1 aromatic rings. The Morgan fingerprint density at radius 3 is 2.63 bits per heavy atom. The van der Waals surface area contributed by atoms with Gasteiger partial charge >= 0.3 is 0 Å². The summed E-state index contributed by atoms with van der Waals surface area (Å²) in [6.45, 7) is 1.19. The van der Waals surface area contributed by atoms with Gasteiger partial charge in [0.2, 0.25) is 10.0 Å². The van der Waals surface area contributed by atoms with Crippen LogP contribution in [0.3, 0.4) is 0 Å². The Bertz CT molecular complexity index is 596. The van der Waals surface area contributed by atoms with Crippen molar-refractivity contribution in [3.8, 4) is 5.75 Å². The topological polar surface area (TPSA) is 111 Å². The van der Waals surface area contributed by atoms with Gasteiger partial charge in [-0.2, -0.15) is 0 Å². The molecule has 0 aliphatic carbocycles. The summed E-state index contributed by atoms with van der Waals surface area (Å²) in [5.74, 6) is -0.490. The molecule has 0 spiro atoms. The van der Waals surface area contributed by atoms with Crippen molar-refractivity contribution >= 4 is 15.9 Å². The Morgan fingerprint density at radius 1 is 1.47 bits per heavy atom. The van der Waals surface area contributed by atoms with Crippen molar-refractivity contribution in [1.82, 2.24) is 10.0 Å². The minimum atomic E-state index is -3.65. The fourth-order valence-electron chi connectivity index (χ4n) is 1.71. The van der Waals surface area contributed by atoms with Crippen LogP contribution in [0.2, 0.25) is 0 Å². The second-order valence-corrected chi connectivity index (χ2v) is 5.92. The maximum absolute atomic E-state index is 12.1. The van der Waals surface area contributed by atoms with Gasteiger partial charge in [0, 0.05) is 19.1 Å². The van der Waals surface area contributed by atoms with Crippen molar-refractivity contribution in [2.75, 3.05) is 20.2 Å². The molecule has 0 atom stereocenters. The highest BCUT2D eigenvalue weighted by atomic mass is 32.2. The van der Waals surface area contributed by atoms with Crippen LogP contribution >= 0.6 is 0 Å². The Hall–Kier alpha value is -1.64. The van der Waals surface area contributed by atoms with Gasteiger partial charge in [0.1, 0.15) is 5.75 Å². The van der Waals surface area contributed by atoms with Crippen LogP contribution in [-0.4, -0.2) is 40.6 Å². The molecule has 1 aromatic carbocycles. The smallest absolute Gasteiger partial charge is 0.252 e. The van der Waals surface area contributed by atoms with Crippen molar-refractivity contribution in [3.05, 3.63) is 23.8 Å². The quantitative estimate of drug-likeness (QED) is 0.645. The van der Waals surface area contributed by atoms with Gasteiger partial charge in [-0.05, 0) is 18.2 Å². The van der Waals surface area contributed by atoms with Crippen LogP contribution in [0.1, 0.15) is 10.4 Å². The summed E-state index contributed by atoms with van der Waals surface area (Å²) in [5, 5.41) is 2.96. The lowest BCUT2D eigenvalue weighted by Crippen LogP contribution is -2.56. The van der Waals surface area contributed by atoms with Gasteiger partial charge in [-0.1, -0.05) is 0 Å². The molecule has 0 aromatic heterocycles. The summed E-state index contributed by atoms with van der Waals surface area (Å²) in [6, 6.07) is 3.88. The fourth-order valence-corrected chi connectivity index (χ4v) is 2.97. The SMILES string of the molecule is COc1ccc(S(=O)(=O)NC2CNC2)cc1C(N)=O. The maximum Gasteiger partial charge on any atom is 0.252 e. The minimum absolute atomic E-state index is 0.00556. The van der Waals surface area contributed by atoms with E-state index >= 15 is 0 Å². The summed E-state index contributed by atoms with van der Waals surface area (Å²) in [6.07, 6.45) is 0. The lowest BCUT2D eigenvalue weighted by Gasteiger charge is -2.27. The molecular weight excluding hydrogens is 270 g/mol. The third kappa shape index (κ3) is 2.86. The Morgan fingerprint density at radius 2 is 2.16 bits per heavy atom. The first kappa shape index (κ1) is 13.8. The number of carbonyl (C=O) groups is 1. The van der Waals surface area contributed by atoms with Gasteiger partial charge < -0.3 is 15.8 Å². The van der Waals surface area contributed by atoms with E-state index in [-0.39, 0.29) is 22.3 Å². The number of ether oxygens (including phenoxy) is 1. The first-order valence-electron chi connectivity index (χ1n) is 5.65. The number of carbonyl (C=O) groups excluding carboxylic acids is 1. The van der Waals surface area contributed by atoms with Gasteiger partial charge in [-0.25, -0.2) is 13.1 Å². The van der Waals surface area contributed by atoms with Crippen LogP contribution in [0.4, 0.5) is 0 Å². The number of hydrogen-bond acceptors (Lipinski definition) is 5. The number of benzene rings is 1. The third-order valence-electron chi connectivity index (χ3n) is 2.85. The zero-order chi connectivity index (χ0) is 14.0. The van der Waals surface area contributed by atoms with Crippen LogP contribution in [-0.2, 0) is 10.0 Å². The summed E-state index contributed by atoms with van der Waals surface area (Å²) < 4.78 is 31.6. The van der Waals surface area contributed by atoms with Crippen molar-refractivity contribution in [1.29, 1.82) is 0 Å². The number of nitrogens with two attached hydrogens (primary N) is 1. The minimum Gasteiger partial charge on any atom is -0.496 e. The predicted molar refractivity (Wildman–Crippen MR) is 68.5 cm³/mol. The van der Waals surface area contributed by atoms with E-state index in [1.807, 2.05) is 0 Å². The molecule has 2 rings (SSSR count). The molecule has 0 unspecified atom stereocenters. The second kappa shape index (κ2) is 5.16. The highest BCUT2D eigenvalue weighted by Gasteiger charge is 2.25. The van der Waals surface area contributed by atoms with E-state index in [0.29, 0.717) is 13.1 Å². The van der Waals surface area contributed by atoms with E-state index in [9.17, 15) is 13.2 Å². The molecular formula is C11H15N3O4S. The molecule has 0 saturated carbocycles. The zero-order valence-corrected chi connectivity index (χ0v) is 11.2. The lowest BCUT2D eigenvalue weighted by molar-refractivity contribution is 0.0997. The zero-order valence-electron chi connectivity index (χ0n) is 10.3. The van der Waals surface area contributed by atoms with Crippen LogP contribution in [0.15, 0.2) is 23.1 Å². The third-order valence-corrected chi connectivity index (χ3v) is 4.37. The summed E-state index contributed by atoms with van der Waals surface area (Å²) in [4.78, 5) is 11.3. The van der Waals surface area contributed by atoms with Crippen molar-refractivity contribution < 1.29 is 17.9 Å². The molecule has 7 nitrogen and oxygen atoms in total. The highest BCUT2D eigenvalue weighted by Crippen LogP contribution is 2.22. The molecule has 1 saturated heterocycles. The summed E-state index contributed by atoms with van der Waals surface area (Å²) in [5.41, 5.74) is 5.24. The van der Waals surface area contributed by atoms with Crippen molar-refractivity contribution in [3.63, 3.8) is 0 Å². The van der Waals surface area contributed by atoms with E-state index in [4.69, 9.17) is 10.5 Å². The molecule has 1 aliphatic heterocycles. The molecule has 104 valence electrons. The van der Waals surface area contributed by atoms with Crippen molar-refractivity contribution in [2.45, 2.75) is 10.9 Å². The molecule has 1 aliphatic rings. The number of methoxy groups -OCH3 is 1. The van der Waals surface area contributed by atoms with E-state index in [0.717, 1.165) is 0 Å². The van der Waals surface area contributed by atoms with Crippen molar-refractivity contribution in [2.24, 2.45) is 5.73 Å². The van der Waals surface area contributed by atoms with E-state index in [1.165, 1.54) is 25.3 Å². The van der Waals surface area contributed by atoms with E-state index in [2.05, 4.69) is 10.0 Å². The van der Waals surface area contributed by atoms with Crippen LogP contribution in [0.5, 0.6) is 5.75 Å². The monoisotopic (exact) mass is 285 g/mol. The Balaban J connectivity index is 2.33.